The number of carbonyl (C=O) groups is 4. The van der Waals surface area contributed by atoms with Gasteiger partial charge in [-0.15, -0.1) is 0 Å². The highest BCUT2D eigenvalue weighted by molar-refractivity contribution is 6.22. The third kappa shape index (κ3) is 11.1. The van der Waals surface area contributed by atoms with Crippen molar-refractivity contribution >= 4 is 23.5 Å². The number of esters is 2. The van der Waals surface area contributed by atoms with Crippen molar-refractivity contribution in [3.8, 4) is 0 Å². The Labute approximate surface area is 176 Å². The topological polar surface area (TPSA) is 77.5 Å². The van der Waals surface area contributed by atoms with Crippen LogP contribution in [0.1, 0.15) is 111 Å². The van der Waals surface area contributed by atoms with Gasteiger partial charge in [0.2, 0.25) is 0 Å². The summed E-state index contributed by atoms with van der Waals surface area (Å²) in [5, 5.41) is 0. The van der Waals surface area contributed by atoms with E-state index >= 15 is 0 Å². The van der Waals surface area contributed by atoms with Crippen molar-refractivity contribution in [3.63, 3.8) is 0 Å². The normalized spacial score (nSPS) is 11.6. The lowest BCUT2D eigenvalue weighted by Crippen LogP contribution is -2.46. The number of carbonyl (C=O) groups excluding carboxylic acids is 4. The molecule has 0 N–H and O–H groups in total. The maximum absolute atomic E-state index is 12.2. The minimum absolute atomic E-state index is 0.0949. The van der Waals surface area contributed by atoms with Crippen molar-refractivity contribution < 1.29 is 23.9 Å². The monoisotopic (exact) mass is 408 g/mol. The summed E-state index contributed by atoms with van der Waals surface area (Å²) in [6.07, 6.45) is 18.0. The van der Waals surface area contributed by atoms with Gasteiger partial charge < -0.3 is 4.74 Å². The maximum Gasteiger partial charge on any atom is 0.334 e. The molecule has 0 saturated heterocycles. The van der Waals surface area contributed by atoms with Crippen molar-refractivity contribution in [2.24, 2.45) is 5.41 Å². The van der Waals surface area contributed by atoms with Crippen LogP contribution >= 0.6 is 0 Å². The fraction of sp³-hybridized carbons (Fsp3) is 0.750. The predicted molar refractivity (Wildman–Crippen MR) is 115 cm³/mol. The number of allylic oxidation sites excluding steroid dienone is 2. The molecule has 0 aliphatic rings. The van der Waals surface area contributed by atoms with Crippen LogP contribution in [0.25, 0.3) is 0 Å². The van der Waals surface area contributed by atoms with Gasteiger partial charge in [-0.05, 0) is 46.0 Å². The Morgan fingerprint density at radius 2 is 1.14 bits per heavy atom. The zero-order valence-corrected chi connectivity index (χ0v) is 18.9. The Bertz CT molecular complexity index is 533. The van der Waals surface area contributed by atoms with Gasteiger partial charge in [-0.1, -0.05) is 70.4 Å². The molecule has 0 aromatic rings. The van der Waals surface area contributed by atoms with Gasteiger partial charge in [0.25, 0.3) is 0 Å². The Hall–Kier alpha value is -1.78. The minimum atomic E-state index is -1.84. The van der Waals surface area contributed by atoms with E-state index in [0.29, 0.717) is 6.42 Å². The van der Waals surface area contributed by atoms with E-state index in [1.54, 1.807) is 0 Å². The lowest BCUT2D eigenvalue weighted by Gasteiger charge is -2.25. The van der Waals surface area contributed by atoms with E-state index in [1.165, 1.54) is 52.4 Å². The van der Waals surface area contributed by atoms with Gasteiger partial charge in [-0.25, -0.2) is 4.79 Å². The highest BCUT2D eigenvalue weighted by atomic mass is 16.6. The molecule has 0 aliphatic heterocycles. The number of unbranched alkanes of at least 4 members (excludes halogenated alkanes) is 10. The summed E-state index contributed by atoms with van der Waals surface area (Å²) in [5.74, 6) is -2.97. The SMILES string of the molecule is CCCCCCCC/C=C\CCCCCCC(C(C)=O)(C(C)=O)C(=O)OC(C)=O. The van der Waals surface area contributed by atoms with Crippen LogP contribution in [0.5, 0.6) is 0 Å². The summed E-state index contributed by atoms with van der Waals surface area (Å²) in [7, 11) is 0. The van der Waals surface area contributed by atoms with Crippen LogP contribution in [0.2, 0.25) is 0 Å². The molecule has 0 aromatic heterocycles. The van der Waals surface area contributed by atoms with E-state index in [9.17, 15) is 19.2 Å². The van der Waals surface area contributed by atoms with E-state index < -0.39 is 28.9 Å². The fourth-order valence-electron chi connectivity index (χ4n) is 3.49. The molecule has 0 bridgehead atoms. The smallest absolute Gasteiger partial charge is 0.334 e. The lowest BCUT2D eigenvalue weighted by molar-refractivity contribution is -0.169. The summed E-state index contributed by atoms with van der Waals surface area (Å²) < 4.78 is 4.58. The molecule has 5 nitrogen and oxygen atoms in total. The Balaban J connectivity index is 4.12. The summed E-state index contributed by atoms with van der Waals surface area (Å²) in [6.45, 7) is 5.73. The van der Waals surface area contributed by atoms with E-state index in [1.807, 2.05) is 0 Å². The molecule has 0 heterocycles. The quantitative estimate of drug-likeness (QED) is 0.130. The van der Waals surface area contributed by atoms with Crippen LogP contribution < -0.4 is 0 Å². The third-order valence-electron chi connectivity index (χ3n) is 5.35. The van der Waals surface area contributed by atoms with E-state index in [0.717, 1.165) is 39.0 Å². The number of ketones is 2. The largest absolute Gasteiger partial charge is 0.392 e. The van der Waals surface area contributed by atoms with Crippen LogP contribution in [0.4, 0.5) is 0 Å². The van der Waals surface area contributed by atoms with Crippen molar-refractivity contribution in [1.29, 1.82) is 0 Å². The van der Waals surface area contributed by atoms with E-state index in [2.05, 4.69) is 23.8 Å². The second-order valence-electron chi connectivity index (χ2n) is 7.88. The van der Waals surface area contributed by atoms with Crippen molar-refractivity contribution in [3.05, 3.63) is 12.2 Å². The summed E-state index contributed by atoms with van der Waals surface area (Å²) in [6, 6.07) is 0. The molecule has 29 heavy (non-hydrogen) atoms. The highest BCUT2D eigenvalue weighted by Gasteiger charge is 2.49. The summed E-state index contributed by atoms with van der Waals surface area (Å²) >= 11 is 0. The van der Waals surface area contributed by atoms with Crippen molar-refractivity contribution in [1.82, 2.24) is 0 Å². The van der Waals surface area contributed by atoms with Gasteiger partial charge in [-0.2, -0.15) is 0 Å². The highest BCUT2D eigenvalue weighted by Crippen LogP contribution is 2.30. The van der Waals surface area contributed by atoms with Crippen molar-refractivity contribution in [2.45, 2.75) is 111 Å². The Kier molecular flexibility index (Phi) is 15.1. The second-order valence-corrected chi connectivity index (χ2v) is 7.88. The number of hydrogen-bond acceptors (Lipinski definition) is 5. The first-order chi connectivity index (χ1) is 13.8. The first-order valence-corrected chi connectivity index (χ1v) is 11.2. The number of ether oxygens (including phenoxy) is 1. The molecule has 0 spiro atoms. The predicted octanol–water partition coefficient (Wildman–Crippen LogP) is 5.89. The van der Waals surface area contributed by atoms with Gasteiger partial charge in [0.05, 0.1) is 0 Å². The Morgan fingerprint density at radius 1 is 0.690 bits per heavy atom. The molecular weight excluding hydrogens is 368 g/mol. The number of hydrogen-bond donors (Lipinski definition) is 0. The first kappa shape index (κ1) is 27.2. The molecule has 0 amide bonds. The van der Waals surface area contributed by atoms with E-state index in [4.69, 9.17) is 0 Å². The summed E-state index contributed by atoms with van der Waals surface area (Å²) in [4.78, 5) is 47.4. The molecule has 0 unspecified atom stereocenters. The van der Waals surface area contributed by atoms with Crippen LogP contribution in [-0.4, -0.2) is 23.5 Å². The van der Waals surface area contributed by atoms with Crippen molar-refractivity contribution in [2.75, 3.05) is 0 Å². The number of Topliss-reactive ketones (excluding diaryl/α,β-unsaturated/α-hetero) is 2. The maximum atomic E-state index is 12.2. The standard InChI is InChI=1S/C24H40O5/c1-5-6-7-8-9-10-11-12-13-14-15-16-17-18-19-24(20(2)25,21(3)26)23(28)29-22(4)27/h12-13H,5-11,14-19H2,1-4H3/b13-12-. The van der Waals surface area contributed by atoms with Crippen LogP contribution in [0, 0.1) is 5.41 Å². The van der Waals surface area contributed by atoms with Gasteiger partial charge in [0.15, 0.2) is 17.0 Å². The Morgan fingerprint density at radius 3 is 1.59 bits per heavy atom. The number of rotatable bonds is 17. The third-order valence-corrected chi connectivity index (χ3v) is 5.35. The van der Waals surface area contributed by atoms with Gasteiger partial charge in [0.1, 0.15) is 0 Å². The van der Waals surface area contributed by atoms with Gasteiger partial charge >= 0.3 is 11.9 Å². The average Bonchev–Trinajstić information content (AvgIpc) is 2.63. The second kappa shape index (κ2) is 16.1. The molecule has 0 aromatic carbocycles. The molecule has 0 radical (unpaired) electrons. The zero-order valence-electron chi connectivity index (χ0n) is 18.9. The average molecular weight is 409 g/mol. The van der Waals surface area contributed by atoms with E-state index in [-0.39, 0.29) is 6.42 Å². The molecule has 166 valence electrons. The molecule has 0 fully saturated rings. The van der Waals surface area contributed by atoms with Crippen LogP contribution in [0.3, 0.4) is 0 Å². The van der Waals surface area contributed by atoms with Crippen LogP contribution in [-0.2, 0) is 23.9 Å². The minimum Gasteiger partial charge on any atom is -0.392 e. The molecule has 0 aliphatic carbocycles. The zero-order chi connectivity index (χ0) is 22.1. The molecule has 0 atom stereocenters. The molecular formula is C24H40O5. The molecule has 0 saturated carbocycles. The van der Waals surface area contributed by atoms with Gasteiger partial charge in [0, 0.05) is 6.92 Å². The fourth-order valence-corrected chi connectivity index (χ4v) is 3.49. The molecule has 0 rings (SSSR count). The lowest BCUT2D eigenvalue weighted by atomic mass is 9.75. The van der Waals surface area contributed by atoms with Gasteiger partial charge in [-0.3, -0.25) is 14.4 Å². The summed E-state index contributed by atoms with van der Waals surface area (Å²) in [5.41, 5.74) is -1.84. The van der Waals surface area contributed by atoms with Crippen LogP contribution in [0.15, 0.2) is 12.2 Å². The molecule has 5 heteroatoms. The first-order valence-electron chi connectivity index (χ1n) is 11.2.